The van der Waals surface area contributed by atoms with Gasteiger partial charge in [-0.15, -0.1) is 0 Å². The number of piperazine rings is 1. The van der Waals surface area contributed by atoms with Crippen LogP contribution in [-0.4, -0.2) is 62.9 Å². The van der Waals surface area contributed by atoms with E-state index in [1.165, 1.54) is 0 Å². The minimum absolute atomic E-state index is 0.0293. The number of ether oxygens (including phenoxy) is 2. The number of nitrogens with zero attached hydrogens (tertiary/aromatic N) is 2. The topological polar surface area (TPSA) is 74.3 Å². The molecule has 1 amide bonds. The number of carbonyl (C=O) groups excluding carboxylic acids is 1. The minimum atomic E-state index is -0.199. The molecule has 2 aromatic carbocycles. The van der Waals surface area contributed by atoms with E-state index in [1.807, 2.05) is 43.3 Å². The predicted octanol–water partition coefficient (Wildman–Crippen LogP) is 2.41. The van der Waals surface area contributed by atoms with E-state index in [0.29, 0.717) is 12.3 Å². The normalized spacial score (nSPS) is 15.6. The van der Waals surface area contributed by atoms with Gasteiger partial charge in [-0.05, 0) is 37.3 Å². The standard InChI is InChI=1S/C22H29N3O4/c1-16(18-14-17(28-2)8-9-21(18)29-3)23-22(27)15-24-10-12-25(13-11-24)19-6-4-5-7-20(19)26/h4-9,14,16,26H,10-13,15H2,1-3H3,(H,23,27)/t16-/m0/s1. The number of carbonyl (C=O) groups is 1. The van der Waals surface area contributed by atoms with Crippen molar-refractivity contribution in [1.82, 2.24) is 10.2 Å². The molecule has 29 heavy (non-hydrogen) atoms. The molecule has 0 unspecified atom stereocenters. The summed E-state index contributed by atoms with van der Waals surface area (Å²) in [7, 11) is 3.23. The third-order valence-corrected chi connectivity index (χ3v) is 5.24. The molecule has 1 saturated heterocycles. The van der Waals surface area contributed by atoms with Crippen LogP contribution in [0.4, 0.5) is 5.69 Å². The van der Waals surface area contributed by atoms with Crippen molar-refractivity contribution in [2.24, 2.45) is 0 Å². The number of anilines is 1. The summed E-state index contributed by atoms with van der Waals surface area (Å²) in [6, 6.07) is 12.7. The van der Waals surface area contributed by atoms with Crippen molar-refractivity contribution in [1.29, 1.82) is 0 Å². The molecule has 1 heterocycles. The molecule has 1 atom stereocenters. The van der Waals surface area contributed by atoms with Crippen molar-refractivity contribution in [2.75, 3.05) is 51.8 Å². The number of nitrogens with one attached hydrogen (secondary N) is 1. The molecule has 7 heteroatoms. The second-order valence-corrected chi connectivity index (χ2v) is 7.15. The summed E-state index contributed by atoms with van der Waals surface area (Å²) < 4.78 is 10.7. The SMILES string of the molecule is COc1ccc(OC)c([C@H](C)NC(=O)CN2CCN(c3ccccc3O)CC2)c1. The zero-order valence-corrected chi connectivity index (χ0v) is 17.2. The highest BCUT2D eigenvalue weighted by molar-refractivity contribution is 5.78. The first-order valence-electron chi connectivity index (χ1n) is 9.78. The van der Waals surface area contributed by atoms with Gasteiger partial charge in [0.1, 0.15) is 17.2 Å². The summed E-state index contributed by atoms with van der Waals surface area (Å²) in [5.74, 6) is 1.70. The van der Waals surface area contributed by atoms with Crippen LogP contribution in [0.5, 0.6) is 17.2 Å². The lowest BCUT2D eigenvalue weighted by Crippen LogP contribution is -2.49. The lowest BCUT2D eigenvalue weighted by Gasteiger charge is -2.36. The molecule has 0 aromatic heterocycles. The summed E-state index contributed by atoms with van der Waals surface area (Å²) in [6.45, 7) is 5.34. The fourth-order valence-electron chi connectivity index (χ4n) is 3.62. The van der Waals surface area contributed by atoms with Crippen molar-refractivity contribution in [2.45, 2.75) is 13.0 Å². The van der Waals surface area contributed by atoms with E-state index in [9.17, 15) is 9.90 Å². The summed E-state index contributed by atoms with van der Waals surface area (Å²) in [4.78, 5) is 16.8. The number of aromatic hydroxyl groups is 1. The molecular formula is C22H29N3O4. The van der Waals surface area contributed by atoms with Crippen LogP contribution in [0.25, 0.3) is 0 Å². The van der Waals surface area contributed by atoms with Crippen molar-refractivity contribution >= 4 is 11.6 Å². The number of phenols is 1. The van der Waals surface area contributed by atoms with Crippen LogP contribution in [0.3, 0.4) is 0 Å². The Bertz CT molecular complexity index is 835. The van der Waals surface area contributed by atoms with E-state index < -0.39 is 0 Å². The van der Waals surface area contributed by atoms with Gasteiger partial charge in [0.15, 0.2) is 0 Å². The number of methoxy groups -OCH3 is 2. The first-order valence-corrected chi connectivity index (χ1v) is 9.78. The van der Waals surface area contributed by atoms with Gasteiger partial charge in [-0.1, -0.05) is 12.1 Å². The van der Waals surface area contributed by atoms with Gasteiger partial charge in [-0.2, -0.15) is 0 Å². The second-order valence-electron chi connectivity index (χ2n) is 7.15. The Kier molecular flexibility index (Phi) is 6.82. The van der Waals surface area contributed by atoms with Crippen LogP contribution in [0, 0.1) is 0 Å². The number of hydrogen-bond acceptors (Lipinski definition) is 6. The maximum atomic E-state index is 12.6. The highest BCUT2D eigenvalue weighted by Gasteiger charge is 2.22. The van der Waals surface area contributed by atoms with E-state index in [0.717, 1.165) is 48.9 Å². The number of benzene rings is 2. The number of hydrogen-bond donors (Lipinski definition) is 2. The number of para-hydroxylation sites is 2. The predicted molar refractivity (Wildman–Crippen MR) is 113 cm³/mol. The van der Waals surface area contributed by atoms with Gasteiger partial charge in [0.25, 0.3) is 0 Å². The van der Waals surface area contributed by atoms with E-state index >= 15 is 0 Å². The van der Waals surface area contributed by atoms with Crippen LogP contribution in [-0.2, 0) is 4.79 Å². The molecule has 0 radical (unpaired) electrons. The van der Waals surface area contributed by atoms with E-state index in [1.54, 1.807) is 20.3 Å². The van der Waals surface area contributed by atoms with E-state index in [2.05, 4.69) is 15.1 Å². The maximum absolute atomic E-state index is 12.6. The molecule has 3 rings (SSSR count). The summed E-state index contributed by atoms with van der Waals surface area (Å²) in [6.07, 6.45) is 0. The van der Waals surface area contributed by atoms with E-state index in [4.69, 9.17) is 9.47 Å². The Morgan fingerprint density at radius 1 is 1.10 bits per heavy atom. The van der Waals surface area contributed by atoms with Gasteiger partial charge in [0.05, 0.1) is 32.5 Å². The average Bonchev–Trinajstić information content (AvgIpc) is 2.74. The monoisotopic (exact) mass is 399 g/mol. The van der Waals surface area contributed by atoms with Crippen LogP contribution in [0.1, 0.15) is 18.5 Å². The van der Waals surface area contributed by atoms with Gasteiger partial charge < -0.3 is 24.8 Å². The van der Waals surface area contributed by atoms with Crippen LogP contribution in [0.2, 0.25) is 0 Å². The molecule has 1 aliphatic rings. The highest BCUT2D eigenvalue weighted by Crippen LogP contribution is 2.29. The molecule has 0 bridgehead atoms. The lowest BCUT2D eigenvalue weighted by molar-refractivity contribution is -0.123. The Morgan fingerprint density at radius 2 is 1.83 bits per heavy atom. The largest absolute Gasteiger partial charge is 0.506 e. The molecule has 1 aliphatic heterocycles. The Morgan fingerprint density at radius 3 is 2.48 bits per heavy atom. The van der Waals surface area contributed by atoms with Crippen molar-refractivity contribution in [3.8, 4) is 17.2 Å². The van der Waals surface area contributed by atoms with Crippen LogP contribution >= 0.6 is 0 Å². The molecule has 0 aliphatic carbocycles. The van der Waals surface area contributed by atoms with Crippen LogP contribution in [0.15, 0.2) is 42.5 Å². The summed E-state index contributed by atoms with van der Waals surface area (Å²) >= 11 is 0. The smallest absolute Gasteiger partial charge is 0.234 e. The zero-order chi connectivity index (χ0) is 20.8. The second kappa shape index (κ2) is 9.52. The molecule has 1 fully saturated rings. The molecule has 2 N–H and O–H groups in total. The Hall–Kier alpha value is -2.93. The van der Waals surface area contributed by atoms with Crippen molar-refractivity contribution in [3.05, 3.63) is 48.0 Å². The van der Waals surface area contributed by atoms with Crippen molar-refractivity contribution < 1.29 is 19.4 Å². The molecule has 7 nitrogen and oxygen atoms in total. The van der Waals surface area contributed by atoms with Crippen LogP contribution < -0.4 is 19.7 Å². The third kappa shape index (κ3) is 5.12. The minimum Gasteiger partial charge on any atom is -0.506 e. The first kappa shape index (κ1) is 20.8. The number of amides is 1. The van der Waals surface area contributed by atoms with Gasteiger partial charge in [-0.25, -0.2) is 0 Å². The summed E-state index contributed by atoms with van der Waals surface area (Å²) in [5, 5.41) is 13.1. The average molecular weight is 399 g/mol. The molecule has 0 spiro atoms. The fourth-order valence-corrected chi connectivity index (χ4v) is 3.62. The molecule has 2 aromatic rings. The zero-order valence-electron chi connectivity index (χ0n) is 17.2. The maximum Gasteiger partial charge on any atom is 0.234 e. The number of phenolic OH excluding ortho intramolecular Hbond substituents is 1. The van der Waals surface area contributed by atoms with Gasteiger partial charge in [0.2, 0.25) is 5.91 Å². The molecule has 0 saturated carbocycles. The first-order chi connectivity index (χ1) is 14.0. The van der Waals surface area contributed by atoms with Crippen molar-refractivity contribution in [3.63, 3.8) is 0 Å². The van der Waals surface area contributed by atoms with Gasteiger partial charge in [0, 0.05) is 31.7 Å². The van der Waals surface area contributed by atoms with Gasteiger partial charge >= 0.3 is 0 Å². The quantitative estimate of drug-likeness (QED) is 0.745. The van der Waals surface area contributed by atoms with Gasteiger partial charge in [-0.3, -0.25) is 9.69 Å². The highest BCUT2D eigenvalue weighted by atomic mass is 16.5. The summed E-state index contributed by atoms with van der Waals surface area (Å²) in [5.41, 5.74) is 1.72. The number of rotatable bonds is 7. The van der Waals surface area contributed by atoms with E-state index in [-0.39, 0.29) is 11.9 Å². The Labute approximate surface area is 171 Å². The fraction of sp³-hybridized carbons (Fsp3) is 0.409. The Balaban J connectivity index is 1.53. The molecular weight excluding hydrogens is 370 g/mol. The third-order valence-electron chi connectivity index (χ3n) is 5.24. The molecule has 156 valence electrons. The lowest BCUT2D eigenvalue weighted by atomic mass is 10.1.